The quantitative estimate of drug-likeness (QED) is 0.616. The van der Waals surface area contributed by atoms with Gasteiger partial charge in [0.25, 0.3) is 0 Å². The van der Waals surface area contributed by atoms with Crippen molar-refractivity contribution in [3.05, 3.63) is 29.3 Å². The maximum Gasteiger partial charge on any atom is 0.416 e. The van der Waals surface area contributed by atoms with E-state index in [4.69, 9.17) is 12.2 Å². The van der Waals surface area contributed by atoms with E-state index in [0.717, 1.165) is 0 Å². The molecule has 0 bridgehead atoms. The molecule has 0 spiro atoms. The number of amides is 1. The van der Waals surface area contributed by atoms with Crippen molar-refractivity contribution in [2.24, 2.45) is 0 Å². The normalized spacial score (nSPS) is 13.2. The number of likely N-dealkylation sites (N-methyl/N-ethyl adjacent to an activating group) is 1. The van der Waals surface area contributed by atoms with Gasteiger partial charge in [0.05, 0.1) is 11.1 Å². The average molecular weight is 387 g/mol. The van der Waals surface area contributed by atoms with Crippen molar-refractivity contribution in [1.82, 2.24) is 10.2 Å². The number of nitrogens with zero attached hydrogens (tertiary/aromatic N) is 1. The van der Waals surface area contributed by atoms with Gasteiger partial charge in [0.2, 0.25) is 5.91 Å². The fourth-order valence-electron chi connectivity index (χ4n) is 1.84. The molecule has 0 aromatic heterocycles. The van der Waals surface area contributed by atoms with Crippen LogP contribution in [0.15, 0.2) is 18.2 Å². The van der Waals surface area contributed by atoms with Crippen molar-refractivity contribution in [1.29, 1.82) is 0 Å². The Kier molecular flexibility index (Phi) is 6.27. The highest BCUT2D eigenvalue weighted by molar-refractivity contribution is 7.80. The Balaban J connectivity index is 3.05. The van der Waals surface area contributed by atoms with Crippen LogP contribution in [0.3, 0.4) is 0 Å². The lowest BCUT2D eigenvalue weighted by Gasteiger charge is -2.20. The van der Waals surface area contributed by atoms with Gasteiger partial charge in [-0.1, -0.05) is 0 Å². The van der Waals surface area contributed by atoms with Gasteiger partial charge in [-0.25, -0.2) is 0 Å². The minimum atomic E-state index is -4.96. The monoisotopic (exact) mass is 387 g/mol. The smallest absolute Gasteiger partial charge is 0.351 e. The van der Waals surface area contributed by atoms with Crippen molar-refractivity contribution in [2.45, 2.75) is 25.3 Å². The summed E-state index contributed by atoms with van der Waals surface area (Å²) in [6.45, 7) is 1.45. The van der Waals surface area contributed by atoms with Crippen LogP contribution < -0.4 is 10.6 Å². The highest BCUT2D eigenvalue weighted by atomic mass is 32.1. The van der Waals surface area contributed by atoms with E-state index < -0.39 is 35.2 Å². The molecule has 0 heterocycles. The molecule has 4 nitrogen and oxygen atoms in total. The van der Waals surface area contributed by atoms with Crippen molar-refractivity contribution in [3.63, 3.8) is 0 Å². The molecule has 1 amide bonds. The molecule has 1 atom stereocenters. The van der Waals surface area contributed by atoms with Crippen LogP contribution in [0.2, 0.25) is 0 Å². The van der Waals surface area contributed by atoms with E-state index in [1.165, 1.54) is 25.9 Å². The lowest BCUT2D eigenvalue weighted by Crippen LogP contribution is -2.45. The minimum Gasteiger partial charge on any atom is -0.351 e. The fraction of sp³-hybridized carbons (Fsp3) is 0.429. The van der Waals surface area contributed by atoms with Crippen LogP contribution in [0.25, 0.3) is 0 Å². The standard InChI is InChI=1S/C14H15F6N3OS/c1-7(11(24)23(2)3)21-12(25)22-10-5-8(13(15,16)17)4-9(6-10)14(18,19)20/h4-7H,1-3H3,(H2,21,22,25). The molecule has 2 N–H and O–H groups in total. The third kappa shape index (κ3) is 6.07. The molecular weight excluding hydrogens is 372 g/mol. The molecule has 140 valence electrons. The second-order valence-electron chi connectivity index (χ2n) is 5.35. The Morgan fingerprint density at radius 2 is 1.48 bits per heavy atom. The van der Waals surface area contributed by atoms with Gasteiger partial charge in [0.15, 0.2) is 5.11 Å². The second kappa shape index (κ2) is 7.46. The SMILES string of the molecule is CC(NC(=S)Nc1cc(C(F)(F)F)cc(C(F)(F)F)c1)C(=O)N(C)C. The third-order valence-electron chi connectivity index (χ3n) is 3.00. The van der Waals surface area contributed by atoms with Crippen molar-refractivity contribution < 1.29 is 31.1 Å². The van der Waals surface area contributed by atoms with Crippen LogP contribution in [0, 0.1) is 0 Å². The number of anilines is 1. The zero-order valence-electron chi connectivity index (χ0n) is 13.3. The van der Waals surface area contributed by atoms with Gasteiger partial charge in [-0.05, 0) is 37.3 Å². The molecular formula is C14H15F6N3OS. The Hall–Kier alpha value is -2.04. The summed E-state index contributed by atoms with van der Waals surface area (Å²) in [6, 6.07) is 0.200. The van der Waals surface area contributed by atoms with Crippen molar-refractivity contribution in [2.75, 3.05) is 19.4 Å². The van der Waals surface area contributed by atoms with E-state index in [2.05, 4.69) is 10.6 Å². The molecule has 11 heteroatoms. The molecule has 1 unspecified atom stereocenters. The molecule has 1 aromatic rings. The maximum absolute atomic E-state index is 12.8. The van der Waals surface area contributed by atoms with Gasteiger partial charge in [0.1, 0.15) is 6.04 Å². The largest absolute Gasteiger partial charge is 0.416 e. The highest BCUT2D eigenvalue weighted by Crippen LogP contribution is 2.37. The minimum absolute atomic E-state index is 0.0137. The van der Waals surface area contributed by atoms with Crippen molar-refractivity contribution >= 4 is 28.9 Å². The molecule has 1 aromatic carbocycles. The molecule has 0 fully saturated rings. The highest BCUT2D eigenvalue weighted by Gasteiger charge is 2.37. The van der Waals surface area contributed by atoms with Crippen molar-refractivity contribution in [3.8, 4) is 0 Å². The topological polar surface area (TPSA) is 44.4 Å². The number of thiocarbonyl (C=S) groups is 1. The van der Waals surface area contributed by atoms with Crippen LogP contribution in [0.1, 0.15) is 18.1 Å². The van der Waals surface area contributed by atoms with Gasteiger partial charge in [0, 0.05) is 19.8 Å². The van der Waals surface area contributed by atoms with Crippen LogP contribution in [0.5, 0.6) is 0 Å². The zero-order valence-corrected chi connectivity index (χ0v) is 14.2. The predicted octanol–water partition coefficient (Wildman–Crippen LogP) is 3.49. The summed E-state index contributed by atoms with van der Waals surface area (Å²) in [5, 5.41) is 4.45. The number of halogens is 6. The van der Waals surface area contributed by atoms with Crippen LogP contribution >= 0.6 is 12.2 Å². The number of rotatable bonds is 3. The van der Waals surface area contributed by atoms with Crippen LogP contribution in [-0.2, 0) is 17.1 Å². The molecule has 25 heavy (non-hydrogen) atoms. The summed E-state index contributed by atoms with van der Waals surface area (Å²) in [4.78, 5) is 12.9. The van der Waals surface area contributed by atoms with Crippen LogP contribution in [-0.4, -0.2) is 36.1 Å². The van der Waals surface area contributed by atoms with Gasteiger partial charge in [-0.2, -0.15) is 26.3 Å². The summed E-state index contributed by atoms with van der Waals surface area (Å²) < 4.78 is 76.7. The van der Waals surface area contributed by atoms with Gasteiger partial charge < -0.3 is 15.5 Å². The van der Waals surface area contributed by atoms with Gasteiger partial charge in [-0.15, -0.1) is 0 Å². The summed E-state index contributed by atoms with van der Waals surface area (Å²) in [5.74, 6) is -0.371. The summed E-state index contributed by atoms with van der Waals surface area (Å²) >= 11 is 4.84. The first-order valence-electron chi connectivity index (χ1n) is 6.80. The molecule has 0 saturated heterocycles. The number of benzene rings is 1. The van der Waals surface area contributed by atoms with E-state index >= 15 is 0 Å². The number of carbonyl (C=O) groups excluding carboxylic acids is 1. The number of hydrogen-bond donors (Lipinski definition) is 2. The molecule has 0 radical (unpaired) electrons. The lowest BCUT2D eigenvalue weighted by molar-refractivity contribution is -0.143. The van der Waals surface area contributed by atoms with E-state index in [1.807, 2.05) is 0 Å². The molecule has 0 saturated carbocycles. The van der Waals surface area contributed by atoms with E-state index in [1.54, 1.807) is 0 Å². The van der Waals surface area contributed by atoms with E-state index in [-0.39, 0.29) is 17.1 Å². The Morgan fingerprint density at radius 1 is 1.04 bits per heavy atom. The molecule has 0 aliphatic heterocycles. The van der Waals surface area contributed by atoms with E-state index in [0.29, 0.717) is 12.1 Å². The number of nitrogens with one attached hydrogen (secondary N) is 2. The van der Waals surface area contributed by atoms with Gasteiger partial charge in [-0.3, -0.25) is 4.79 Å². The Bertz CT molecular complexity index is 625. The Labute approximate surface area is 145 Å². The third-order valence-corrected chi connectivity index (χ3v) is 3.22. The van der Waals surface area contributed by atoms with Crippen LogP contribution in [0.4, 0.5) is 32.0 Å². The summed E-state index contributed by atoms with van der Waals surface area (Å²) in [6.07, 6.45) is -9.91. The Morgan fingerprint density at radius 3 is 1.84 bits per heavy atom. The second-order valence-corrected chi connectivity index (χ2v) is 5.76. The van der Waals surface area contributed by atoms with E-state index in [9.17, 15) is 31.1 Å². The first-order chi connectivity index (χ1) is 11.2. The fourth-order valence-corrected chi connectivity index (χ4v) is 2.13. The maximum atomic E-state index is 12.8. The zero-order chi connectivity index (χ0) is 19.6. The summed E-state index contributed by atoms with van der Waals surface area (Å²) in [7, 11) is 2.97. The molecule has 0 aliphatic rings. The number of carbonyl (C=O) groups is 1. The number of alkyl halides is 6. The average Bonchev–Trinajstić information content (AvgIpc) is 2.43. The molecule has 0 aliphatic carbocycles. The summed E-state index contributed by atoms with van der Waals surface area (Å²) in [5.41, 5.74) is -3.43. The van der Waals surface area contributed by atoms with Gasteiger partial charge >= 0.3 is 12.4 Å². The first-order valence-corrected chi connectivity index (χ1v) is 7.21. The lowest BCUT2D eigenvalue weighted by atomic mass is 10.1. The predicted molar refractivity (Wildman–Crippen MR) is 84.0 cm³/mol. The first kappa shape index (κ1) is 21.0. The molecule has 1 rings (SSSR count). The number of hydrogen-bond acceptors (Lipinski definition) is 2.